The minimum absolute atomic E-state index is 0.188. The number of fused-ring (bicyclic) bond motifs is 1. The first-order valence-electron chi connectivity index (χ1n) is 6.67. The highest BCUT2D eigenvalue weighted by Crippen LogP contribution is 2.38. The number of phenolic OH excluding ortho intramolecular Hbond substituents is 1. The predicted molar refractivity (Wildman–Crippen MR) is 74.7 cm³/mol. The zero-order valence-corrected chi connectivity index (χ0v) is 11.7. The highest BCUT2D eigenvalue weighted by Gasteiger charge is 2.36. The van der Waals surface area contributed by atoms with Crippen LogP contribution in [0, 0.1) is 5.41 Å². The van der Waals surface area contributed by atoms with Crippen LogP contribution in [0.3, 0.4) is 0 Å². The van der Waals surface area contributed by atoms with E-state index in [1.54, 1.807) is 26.0 Å². The van der Waals surface area contributed by atoms with E-state index in [0.717, 1.165) is 24.2 Å². The summed E-state index contributed by atoms with van der Waals surface area (Å²) in [6, 6.07) is 5.58. The van der Waals surface area contributed by atoms with Crippen molar-refractivity contribution < 1.29 is 15.0 Å². The van der Waals surface area contributed by atoms with E-state index in [0.29, 0.717) is 6.42 Å². The van der Waals surface area contributed by atoms with Crippen LogP contribution in [0.25, 0.3) is 0 Å². The summed E-state index contributed by atoms with van der Waals surface area (Å²) in [6.45, 7) is 6.45. The molecule has 0 spiro atoms. The lowest BCUT2D eigenvalue weighted by Crippen LogP contribution is -2.38. The first-order valence-corrected chi connectivity index (χ1v) is 6.67. The Balaban J connectivity index is 2.24. The van der Waals surface area contributed by atoms with Gasteiger partial charge in [-0.25, -0.2) is 0 Å². The lowest BCUT2D eigenvalue weighted by molar-refractivity contribution is -0.147. The van der Waals surface area contributed by atoms with Gasteiger partial charge in [-0.2, -0.15) is 0 Å². The van der Waals surface area contributed by atoms with Gasteiger partial charge in [-0.1, -0.05) is 0 Å². The number of aliphatic carboxylic acids is 1. The number of carboxylic acid groups (broad SMARTS) is 1. The topological polar surface area (TPSA) is 60.8 Å². The monoisotopic (exact) mass is 263 g/mol. The van der Waals surface area contributed by atoms with Gasteiger partial charge < -0.3 is 15.1 Å². The third kappa shape index (κ3) is 2.53. The fourth-order valence-electron chi connectivity index (χ4n) is 2.86. The van der Waals surface area contributed by atoms with Crippen molar-refractivity contribution in [3.8, 4) is 5.75 Å². The fourth-order valence-corrected chi connectivity index (χ4v) is 2.86. The van der Waals surface area contributed by atoms with Crippen molar-refractivity contribution in [1.29, 1.82) is 0 Å². The summed E-state index contributed by atoms with van der Waals surface area (Å²) in [5.74, 6) is -0.490. The Hall–Kier alpha value is -1.71. The molecule has 1 aromatic rings. The van der Waals surface area contributed by atoms with Crippen molar-refractivity contribution in [3.05, 3.63) is 23.8 Å². The van der Waals surface area contributed by atoms with Gasteiger partial charge in [0.15, 0.2) is 0 Å². The lowest BCUT2D eigenvalue weighted by atomic mass is 9.84. The SMILES string of the molecule is CCN1c2ccc(O)cc2CC1CC(C)(C)C(=O)O. The Morgan fingerprint density at radius 2 is 2.16 bits per heavy atom. The second-order valence-electron chi connectivity index (χ2n) is 5.85. The number of anilines is 1. The maximum atomic E-state index is 11.3. The average molecular weight is 263 g/mol. The smallest absolute Gasteiger partial charge is 0.309 e. The number of carbonyl (C=O) groups is 1. The summed E-state index contributed by atoms with van der Waals surface area (Å²) >= 11 is 0. The van der Waals surface area contributed by atoms with Crippen LogP contribution in [0.5, 0.6) is 5.75 Å². The fraction of sp³-hybridized carbons (Fsp3) is 0.533. The lowest BCUT2D eigenvalue weighted by Gasteiger charge is -2.31. The zero-order valence-electron chi connectivity index (χ0n) is 11.7. The molecule has 2 rings (SSSR count). The van der Waals surface area contributed by atoms with E-state index >= 15 is 0 Å². The van der Waals surface area contributed by atoms with Gasteiger partial charge in [-0.05, 0) is 57.4 Å². The quantitative estimate of drug-likeness (QED) is 0.876. The summed E-state index contributed by atoms with van der Waals surface area (Å²) < 4.78 is 0. The number of benzene rings is 1. The van der Waals surface area contributed by atoms with Crippen molar-refractivity contribution in [2.75, 3.05) is 11.4 Å². The molecule has 0 radical (unpaired) electrons. The van der Waals surface area contributed by atoms with Crippen molar-refractivity contribution in [2.24, 2.45) is 5.41 Å². The van der Waals surface area contributed by atoms with E-state index in [-0.39, 0.29) is 11.8 Å². The number of aromatic hydroxyl groups is 1. The van der Waals surface area contributed by atoms with Crippen LogP contribution in [0.1, 0.15) is 32.8 Å². The van der Waals surface area contributed by atoms with Crippen molar-refractivity contribution >= 4 is 11.7 Å². The van der Waals surface area contributed by atoms with Crippen LogP contribution in [-0.2, 0) is 11.2 Å². The molecule has 0 saturated carbocycles. The molecule has 1 heterocycles. The van der Waals surface area contributed by atoms with Crippen LogP contribution in [-0.4, -0.2) is 28.8 Å². The van der Waals surface area contributed by atoms with Gasteiger partial charge in [0.1, 0.15) is 5.75 Å². The van der Waals surface area contributed by atoms with Crippen molar-refractivity contribution in [3.63, 3.8) is 0 Å². The summed E-state index contributed by atoms with van der Waals surface area (Å²) in [5.41, 5.74) is 1.49. The molecule has 1 aromatic carbocycles. The predicted octanol–water partition coefficient (Wildman–Crippen LogP) is 2.64. The third-order valence-electron chi connectivity index (χ3n) is 3.93. The van der Waals surface area contributed by atoms with E-state index in [2.05, 4.69) is 11.8 Å². The van der Waals surface area contributed by atoms with Gasteiger partial charge in [0.25, 0.3) is 0 Å². The molecule has 0 aliphatic carbocycles. The van der Waals surface area contributed by atoms with E-state index < -0.39 is 11.4 Å². The Morgan fingerprint density at radius 3 is 2.74 bits per heavy atom. The zero-order chi connectivity index (χ0) is 14.2. The van der Waals surface area contributed by atoms with Crippen LogP contribution in [0.15, 0.2) is 18.2 Å². The van der Waals surface area contributed by atoms with Gasteiger partial charge in [-0.3, -0.25) is 4.79 Å². The summed E-state index contributed by atoms with van der Waals surface area (Å²) in [5, 5.41) is 18.8. The molecule has 4 heteroatoms. The number of nitrogens with zero attached hydrogens (tertiary/aromatic N) is 1. The largest absolute Gasteiger partial charge is 0.508 e. The number of carboxylic acids is 1. The molecule has 19 heavy (non-hydrogen) atoms. The second-order valence-corrected chi connectivity index (χ2v) is 5.85. The Bertz CT molecular complexity index is 496. The maximum absolute atomic E-state index is 11.3. The molecule has 1 aliphatic rings. The van der Waals surface area contributed by atoms with Gasteiger partial charge in [-0.15, -0.1) is 0 Å². The molecule has 4 nitrogen and oxygen atoms in total. The van der Waals surface area contributed by atoms with Crippen molar-refractivity contribution in [1.82, 2.24) is 0 Å². The van der Waals surface area contributed by atoms with E-state index in [9.17, 15) is 15.0 Å². The molecular weight excluding hydrogens is 242 g/mol. The molecule has 1 atom stereocenters. The number of hydrogen-bond acceptors (Lipinski definition) is 3. The van der Waals surface area contributed by atoms with E-state index in [4.69, 9.17) is 0 Å². The number of hydrogen-bond donors (Lipinski definition) is 2. The third-order valence-corrected chi connectivity index (χ3v) is 3.93. The minimum Gasteiger partial charge on any atom is -0.508 e. The van der Waals surface area contributed by atoms with E-state index in [1.165, 1.54) is 0 Å². The molecular formula is C15H21NO3. The molecule has 104 valence electrons. The molecule has 0 fully saturated rings. The Labute approximate surface area is 113 Å². The van der Waals surface area contributed by atoms with Crippen LogP contribution in [0.4, 0.5) is 5.69 Å². The summed E-state index contributed by atoms with van der Waals surface area (Å²) in [6.07, 6.45) is 1.40. The van der Waals surface area contributed by atoms with Crippen molar-refractivity contribution in [2.45, 2.75) is 39.7 Å². The molecule has 0 amide bonds. The summed E-state index contributed by atoms with van der Waals surface area (Å²) in [4.78, 5) is 13.5. The molecule has 2 N–H and O–H groups in total. The molecule has 0 saturated heterocycles. The second kappa shape index (κ2) is 4.76. The van der Waals surface area contributed by atoms with Gasteiger partial charge in [0.05, 0.1) is 5.41 Å². The minimum atomic E-state index is -0.762. The highest BCUT2D eigenvalue weighted by molar-refractivity contribution is 5.74. The standard InChI is InChI=1S/C15H21NO3/c1-4-16-11(9-15(2,3)14(18)19)7-10-8-12(17)5-6-13(10)16/h5-6,8,11,17H,4,7,9H2,1-3H3,(H,18,19). The first kappa shape index (κ1) is 13.7. The Kier molecular flexibility index (Phi) is 3.43. The Morgan fingerprint density at radius 1 is 1.47 bits per heavy atom. The normalized spacial score (nSPS) is 18.5. The molecule has 1 aliphatic heterocycles. The maximum Gasteiger partial charge on any atom is 0.309 e. The van der Waals surface area contributed by atoms with Crippen LogP contribution >= 0.6 is 0 Å². The number of likely N-dealkylation sites (N-methyl/N-ethyl adjacent to an activating group) is 1. The van der Waals surface area contributed by atoms with E-state index in [1.807, 2.05) is 6.07 Å². The van der Waals surface area contributed by atoms with Gasteiger partial charge >= 0.3 is 5.97 Å². The average Bonchev–Trinajstić information content (AvgIpc) is 2.64. The van der Waals surface area contributed by atoms with Gasteiger partial charge in [0, 0.05) is 18.3 Å². The van der Waals surface area contributed by atoms with Crippen LogP contribution < -0.4 is 4.90 Å². The number of rotatable bonds is 4. The molecule has 1 unspecified atom stereocenters. The van der Waals surface area contributed by atoms with Crippen LogP contribution in [0.2, 0.25) is 0 Å². The number of phenols is 1. The van der Waals surface area contributed by atoms with Gasteiger partial charge in [0.2, 0.25) is 0 Å². The molecule has 0 aromatic heterocycles. The first-order chi connectivity index (χ1) is 8.85. The molecule has 0 bridgehead atoms. The highest BCUT2D eigenvalue weighted by atomic mass is 16.4. The summed E-state index contributed by atoms with van der Waals surface area (Å²) in [7, 11) is 0.